The van der Waals surface area contributed by atoms with Crippen LogP contribution in [0.15, 0.2) is 18.2 Å². The molecule has 1 aromatic rings. The van der Waals surface area contributed by atoms with E-state index in [0.717, 1.165) is 11.3 Å². The highest BCUT2D eigenvalue weighted by Gasteiger charge is 2.11. The van der Waals surface area contributed by atoms with Crippen molar-refractivity contribution >= 4 is 17.3 Å². The molecule has 1 unspecified atom stereocenters. The number of anilines is 1. The van der Waals surface area contributed by atoms with Crippen LogP contribution in [-0.2, 0) is 6.61 Å². The van der Waals surface area contributed by atoms with Gasteiger partial charge in [-0.1, -0.05) is 23.7 Å². The van der Waals surface area contributed by atoms with Gasteiger partial charge in [-0.15, -0.1) is 0 Å². The average Bonchev–Trinajstić information content (AvgIpc) is 2.25. The number of halogens is 1. The summed E-state index contributed by atoms with van der Waals surface area (Å²) in [5.74, 6) is 0. The number of rotatable bonds is 5. The molecule has 0 saturated carbocycles. The Hall–Kier alpha value is -0.770. The fourth-order valence-electron chi connectivity index (χ4n) is 1.61. The molecular formula is C12H18ClNO2. The third kappa shape index (κ3) is 3.37. The molecule has 0 radical (unpaired) electrons. The number of hydrogen-bond acceptors (Lipinski definition) is 3. The number of para-hydroxylation sites is 1. The quantitative estimate of drug-likeness (QED) is 0.832. The molecule has 0 aliphatic rings. The third-order valence-electron chi connectivity index (χ3n) is 2.50. The smallest absolute Gasteiger partial charge is 0.0702 e. The molecule has 2 N–H and O–H groups in total. The average molecular weight is 244 g/mol. The van der Waals surface area contributed by atoms with Crippen LogP contribution in [0.2, 0.25) is 5.02 Å². The van der Waals surface area contributed by atoms with Gasteiger partial charge in [0, 0.05) is 19.2 Å². The Morgan fingerprint density at radius 3 is 2.69 bits per heavy atom. The third-order valence-corrected chi connectivity index (χ3v) is 2.81. The van der Waals surface area contributed by atoms with Crippen LogP contribution in [0.4, 0.5) is 5.69 Å². The van der Waals surface area contributed by atoms with Crippen LogP contribution >= 0.6 is 11.6 Å². The van der Waals surface area contributed by atoms with Crippen molar-refractivity contribution in [3.63, 3.8) is 0 Å². The number of aliphatic hydroxyl groups is 2. The van der Waals surface area contributed by atoms with Crippen molar-refractivity contribution in [3.8, 4) is 0 Å². The first-order valence-corrected chi connectivity index (χ1v) is 5.71. The van der Waals surface area contributed by atoms with Gasteiger partial charge in [-0.2, -0.15) is 0 Å². The highest BCUT2D eigenvalue weighted by atomic mass is 35.5. The Kier molecular flexibility index (Phi) is 5.06. The summed E-state index contributed by atoms with van der Waals surface area (Å²) in [4.78, 5) is 1.96. The van der Waals surface area contributed by atoms with Gasteiger partial charge < -0.3 is 15.1 Å². The van der Waals surface area contributed by atoms with Crippen LogP contribution in [0, 0.1) is 0 Å². The monoisotopic (exact) mass is 243 g/mol. The van der Waals surface area contributed by atoms with Gasteiger partial charge in [0.05, 0.1) is 23.4 Å². The normalized spacial score (nSPS) is 12.6. The zero-order valence-corrected chi connectivity index (χ0v) is 10.4. The molecule has 0 aliphatic carbocycles. The predicted molar refractivity (Wildman–Crippen MR) is 66.9 cm³/mol. The van der Waals surface area contributed by atoms with Gasteiger partial charge in [0.15, 0.2) is 0 Å². The minimum Gasteiger partial charge on any atom is -0.393 e. The molecule has 0 saturated heterocycles. The van der Waals surface area contributed by atoms with E-state index in [-0.39, 0.29) is 12.7 Å². The second kappa shape index (κ2) is 6.09. The minimum atomic E-state index is -0.331. The predicted octanol–water partition coefficient (Wildman–Crippen LogP) is 2.04. The lowest BCUT2D eigenvalue weighted by Crippen LogP contribution is -2.23. The molecule has 0 aromatic heterocycles. The van der Waals surface area contributed by atoms with Crippen molar-refractivity contribution in [2.24, 2.45) is 0 Å². The molecule has 4 heteroatoms. The van der Waals surface area contributed by atoms with E-state index in [1.807, 2.05) is 24.1 Å². The van der Waals surface area contributed by atoms with Crippen molar-refractivity contribution in [2.75, 3.05) is 18.5 Å². The zero-order valence-electron chi connectivity index (χ0n) is 9.65. The molecule has 0 spiro atoms. The van der Waals surface area contributed by atoms with Crippen LogP contribution in [-0.4, -0.2) is 29.9 Å². The van der Waals surface area contributed by atoms with E-state index in [9.17, 15) is 10.2 Å². The molecule has 1 rings (SSSR count). The summed E-state index contributed by atoms with van der Waals surface area (Å²) in [6.07, 6.45) is 0.342. The zero-order chi connectivity index (χ0) is 12.1. The summed E-state index contributed by atoms with van der Waals surface area (Å²) in [7, 11) is 1.91. The van der Waals surface area contributed by atoms with Crippen molar-refractivity contribution in [1.82, 2.24) is 0 Å². The van der Waals surface area contributed by atoms with Crippen LogP contribution in [0.5, 0.6) is 0 Å². The Morgan fingerprint density at radius 1 is 1.44 bits per heavy atom. The second-order valence-electron chi connectivity index (χ2n) is 3.96. The van der Waals surface area contributed by atoms with Gasteiger partial charge in [0.2, 0.25) is 0 Å². The summed E-state index contributed by atoms with van der Waals surface area (Å²) < 4.78 is 0. The molecule has 0 heterocycles. The van der Waals surface area contributed by atoms with Crippen molar-refractivity contribution in [3.05, 3.63) is 28.8 Å². The largest absolute Gasteiger partial charge is 0.393 e. The van der Waals surface area contributed by atoms with E-state index in [0.29, 0.717) is 18.0 Å². The molecule has 0 aliphatic heterocycles. The van der Waals surface area contributed by atoms with E-state index in [1.165, 1.54) is 0 Å². The summed E-state index contributed by atoms with van der Waals surface area (Å²) >= 11 is 6.10. The molecule has 1 atom stereocenters. The fourth-order valence-corrected chi connectivity index (χ4v) is 1.95. The van der Waals surface area contributed by atoms with E-state index >= 15 is 0 Å². The second-order valence-corrected chi connectivity index (χ2v) is 4.37. The molecule has 1 aromatic carbocycles. The number of aliphatic hydroxyl groups excluding tert-OH is 2. The summed E-state index contributed by atoms with van der Waals surface area (Å²) in [5, 5.41) is 19.1. The maximum atomic E-state index is 9.23. The summed E-state index contributed by atoms with van der Waals surface area (Å²) in [5.41, 5.74) is 1.65. The van der Waals surface area contributed by atoms with Crippen molar-refractivity contribution < 1.29 is 10.2 Å². The topological polar surface area (TPSA) is 43.7 Å². The molecule has 3 nitrogen and oxygen atoms in total. The van der Waals surface area contributed by atoms with E-state index in [2.05, 4.69) is 0 Å². The molecule has 16 heavy (non-hydrogen) atoms. The highest BCUT2D eigenvalue weighted by molar-refractivity contribution is 6.33. The van der Waals surface area contributed by atoms with Crippen LogP contribution in [0.3, 0.4) is 0 Å². The molecular weight excluding hydrogens is 226 g/mol. The SMILES string of the molecule is CC(O)CCN(C)c1c(Cl)cccc1CO. The van der Waals surface area contributed by atoms with E-state index in [1.54, 1.807) is 13.0 Å². The lowest BCUT2D eigenvalue weighted by Gasteiger charge is -2.23. The highest BCUT2D eigenvalue weighted by Crippen LogP contribution is 2.29. The minimum absolute atomic E-state index is 0.0328. The van der Waals surface area contributed by atoms with Gasteiger partial charge in [0.25, 0.3) is 0 Å². The first-order chi connectivity index (χ1) is 7.56. The molecule has 0 fully saturated rings. The number of benzene rings is 1. The molecule has 0 amide bonds. The van der Waals surface area contributed by atoms with Crippen molar-refractivity contribution in [2.45, 2.75) is 26.1 Å². The maximum Gasteiger partial charge on any atom is 0.0702 e. The molecule has 90 valence electrons. The number of nitrogens with zero attached hydrogens (tertiary/aromatic N) is 1. The number of hydrogen-bond donors (Lipinski definition) is 2. The Morgan fingerprint density at radius 2 is 2.12 bits per heavy atom. The van der Waals surface area contributed by atoms with Gasteiger partial charge in [0.1, 0.15) is 0 Å². The van der Waals surface area contributed by atoms with Gasteiger partial charge >= 0.3 is 0 Å². The Bertz CT molecular complexity index is 342. The Labute approximate surface area is 101 Å². The first-order valence-electron chi connectivity index (χ1n) is 5.33. The van der Waals surface area contributed by atoms with Crippen LogP contribution in [0.1, 0.15) is 18.9 Å². The standard InChI is InChI=1S/C12H18ClNO2/c1-9(16)6-7-14(2)12-10(8-15)4-3-5-11(12)13/h3-5,9,15-16H,6-8H2,1-2H3. The van der Waals surface area contributed by atoms with Crippen molar-refractivity contribution in [1.29, 1.82) is 0 Å². The lowest BCUT2D eigenvalue weighted by atomic mass is 10.1. The maximum absolute atomic E-state index is 9.23. The van der Waals surface area contributed by atoms with Gasteiger partial charge in [-0.3, -0.25) is 0 Å². The van der Waals surface area contributed by atoms with E-state index in [4.69, 9.17) is 11.6 Å². The van der Waals surface area contributed by atoms with Gasteiger partial charge in [-0.05, 0) is 19.4 Å². The van der Waals surface area contributed by atoms with Crippen LogP contribution < -0.4 is 4.90 Å². The lowest BCUT2D eigenvalue weighted by molar-refractivity contribution is 0.187. The van der Waals surface area contributed by atoms with Gasteiger partial charge in [-0.25, -0.2) is 0 Å². The Balaban J connectivity index is 2.84. The molecule has 0 bridgehead atoms. The van der Waals surface area contributed by atoms with Crippen LogP contribution in [0.25, 0.3) is 0 Å². The fraction of sp³-hybridized carbons (Fsp3) is 0.500. The summed E-state index contributed by atoms with van der Waals surface area (Å²) in [6.45, 7) is 2.43. The van der Waals surface area contributed by atoms with E-state index < -0.39 is 0 Å². The first kappa shape index (κ1) is 13.3. The summed E-state index contributed by atoms with van der Waals surface area (Å²) in [6, 6.07) is 5.47.